The fourth-order valence-corrected chi connectivity index (χ4v) is 1.51. The van der Waals surface area contributed by atoms with E-state index in [4.69, 9.17) is 5.73 Å². The number of thioether (sulfide) groups is 1. The molecule has 0 aliphatic carbocycles. The molecular formula is C9H12FNS. The van der Waals surface area contributed by atoms with Crippen molar-refractivity contribution < 1.29 is 4.39 Å². The zero-order valence-corrected chi connectivity index (χ0v) is 7.77. The molecule has 0 saturated heterocycles. The second kappa shape index (κ2) is 4.48. The molecular weight excluding hydrogens is 173 g/mol. The van der Waals surface area contributed by atoms with Gasteiger partial charge in [0.15, 0.2) is 0 Å². The topological polar surface area (TPSA) is 26.0 Å². The van der Waals surface area contributed by atoms with Gasteiger partial charge in [-0.25, -0.2) is 4.39 Å². The predicted octanol–water partition coefficient (Wildman–Crippen LogP) is 2.36. The molecule has 0 amide bonds. The molecule has 12 heavy (non-hydrogen) atoms. The van der Waals surface area contributed by atoms with Crippen LogP contribution in [0.5, 0.6) is 0 Å². The Hall–Kier alpha value is -0.540. The van der Waals surface area contributed by atoms with E-state index < -0.39 is 0 Å². The van der Waals surface area contributed by atoms with Crippen LogP contribution < -0.4 is 5.73 Å². The molecule has 0 spiro atoms. The zero-order valence-electron chi connectivity index (χ0n) is 6.96. The number of hydrogen-bond donors (Lipinski definition) is 1. The second-order valence-corrected chi connectivity index (χ2v) is 3.97. The van der Waals surface area contributed by atoms with Crippen molar-refractivity contribution in [2.24, 2.45) is 5.73 Å². The van der Waals surface area contributed by atoms with Crippen LogP contribution in [0.4, 0.5) is 4.39 Å². The molecule has 1 nitrogen and oxygen atoms in total. The summed E-state index contributed by atoms with van der Waals surface area (Å²) in [5.74, 6) is 0.496. The highest BCUT2D eigenvalue weighted by Gasteiger charge is 2.01. The van der Waals surface area contributed by atoms with E-state index >= 15 is 0 Å². The number of benzene rings is 1. The van der Waals surface area contributed by atoms with Crippen molar-refractivity contribution in [3.05, 3.63) is 35.6 Å². The lowest BCUT2D eigenvalue weighted by Crippen LogP contribution is -2.09. The normalized spacial score (nSPS) is 12.9. The maximum atomic E-state index is 13.0. The van der Waals surface area contributed by atoms with Crippen LogP contribution in [0, 0.1) is 5.82 Å². The second-order valence-electron chi connectivity index (χ2n) is 2.61. The standard InChI is InChI=1S/C9H12FNS/c1-7(11)12-6-8-4-2-3-5-9(8)10/h2-5,7H,6,11H2,1H3. The monoisotopic (exact) mass is 185 g/mol. The van der Waals surface area contributed by atoms with Gasteiger partial charge in [0.1, 0.15) is 5.82 Å². The summed E-state index contributed by atoms with van der Waals surface area (Å²) < 4.78 is 13.0. The maximum Gasteiger partial charge on any atom is 0.127 e. The van der Waals surface area contributed by atoms with Crippen molar-refractivity contribution in [2.45, 2.75) is 18.1 Å². The molecule has 1 atom stereocenters. The first-order valence-electron chi connectivity index (χ1n) is 3.80. The van der Waals surface area contributed by atoms with Gasteiger partial charge in [-0.2, -0.15) is 0 Å². The lowest BCUT2D eigenvalue weighted by molar-refractivity contribution is 0.617. The highest BCUT2D eigenvalue weighted by atomic mass is 32.2. The van der Waals surface area contributed by atoms with Crippen LogP contribution in [0.2, 0.25) is 0 Å². The van der Waals surface area contributed by atoms with Crippen LogP contribution >= 0.6 is 11.8 Å². The fraction of sp³-hybridized carbons (Fsp3) is 0.333. The fourth-order valence-electron chi connectivity index (χ4n) is 0.837. The van der Waals surface area contributed by atoms with E-state index in [1.54, 1.807) is 12.1 Å². The van der Waals surface area contributed by atoms with Crippen molar-refractivity contribution in [1.29, 1.82) is 0 Å². The maximum absolute atomic E-state index is 13.0. The average Bonchev–Trinajstić information content (AvgIpc) is 2.03. The van der Waals surface area contributed by atoms with Crippen molar-refractivity contribution in [1.82, 2.24) is 0 Å². The van der Waals surface area contributed by atoms with Gasteiger partial charge >= 0.3 is 0 Å². The quantitative estimate of drug-likeness (QED) is 0.731. The molecule has 1 aromatic rings. The molecule has 66 valence electrons. The van der Waals surface area contributed by atoms with Crippen LogP contribution in [-0.2, 0) is 5.75 Å². The van der Waals surface area contributed by atoms with Gasteiger partial charge in [-0.15, -0.1) is 11.8 Å². The lowest BCUT2D eigenvalue weighted by atomic mass is 10.2. The molecule has 1 unspecified atom stereocenters. The van der Waals surface area contributed by atoms with E-state index in [0.29, 0.717) is 5.75 Å². The number of nitrogens with two attached hydrogens (primary N) is 1. The number of hydrogen-bond acceptors (Lipinski definition) is 2. The van der Waals surface area contributed by atoms with Crippen molar-refractivity contribution >= 4 is 11.8 Å². The van der Waals surface area contributed by atoms with E-state index in [1.807, 2.05) is 13.0 Å². The number of halogens is 1. The summed E-state index contributed by atoms with van der Waals surface area (Å²) in [5, 5.41) is 0.0598. The Morgan fingerprint density at radius 3 is 2.75 bits per heavy atom. The average molecular weight is 185 g/mol. The molecule has 1 rings (SSSR count). The highest BCUT2D eigenvalue weighted by Crippen LogP contribution is 2.16. The molecule has 0 bridgehead atoms. The van der Waals surface area contributed by atoms with Gasteiger partial charge in [0.25, 0.3) is 0 Å². The van der Waals surface area contributed by atoms with Gasteiger partial charge in [-0.05, 0) is 18.6 Å². The molecule has 0 aromatic heterocycles. The predicted molar refractivity (Wildman–Crippen MR) is 51.3 cm³/mol. The first kappa shape index (κ1) is 9.55. The summed E-state index contributed by atoms with van der Waals surface area (Å²) in [6.07, 6.45) is 0. The SMILES string of the molecule is CC(N)SCc1ccccc1F. The van der Waals surface area contributed by atoms with E-state index in [2.05, 4.69) is 0 Å². The molecule has 3 heteroatoms. The van der Waals surface area contributed by atoms with Gasteiger partial charge in [-0.1, -0.05) is 18.2 Å². The molecule has 0 radical (unpaired) electrons. The van der Waals surface area contributed by atoms with E-state index in [9.17, 15) is 4.39 Å². The molecule has 0 aliphatic rings. The third-order valence-electron chi connectivity index (χ3n) is 1.46. The minimum atomic E-state index is -0.148. The molecule has 0 fully saturated rings. The van der Waals surface area contributed by atoms with Gasteiger partial charge < -0.3 is 5.73 Å². The van der Waals surface area contributed by atoms with E-state index in [1.165, 1.54) is 17.8 Å². The Morgan fingerprint density at radius 2 is 2.17 bits per heavy atom. The van der Waals surface area contributed by atoms with Crippen molar-refractivity contribution in [2.75, 3.05) is 0 Å². The van der Waals surface area contributed by atoms with Gasteiger partial charge in [0.2, 0.25) is 0 Å². The Labute approximate surface area is 76.2 Å². The van der Waals surface area contributed by atoms with Crippen molar-refractivity contribution in [3.8, 4) is 0 Å². The molecule has 1 aromatic carbocycles. The molecule has 2 N–H and O–H groups in total. The van der Waals surface area contributed by atoms with E-state index in [-0.39, 0.29) is 11.2 Å². The van der Waals surface area contributed by atoms with Crippen molar-refractivity contribution in [3.63, 3.8) is 0 Å². The molecule has 0 saturated carbocycles. The summed E-state index contributed by atoms with van der Waals surface area (Å²) in [6.45, 7) is 1.89. The minimum absolute atomic E-state index is 0.0598. The first-order chi connectivity index (χ1) is 5.70. The van der Waals surface area contributed by atoms with Gasteiger partial charge in [0.05, 0.1) is 0 Å². The van der Waals surface area contributed by atoms with E-state index in [0.717, 1.165) is 5.56 Å². The van der Waals surface area contributed by atoms with Crippen LogP contribution in [0.1, 0.15) is 12.5 Å². The Kier molecular flexibility index (Phi) is 3.56. The summed E-state index contributed by atoms with van der Waals surface area (Å²) in [6, 6.07) is 6.78. The zero-order chi connectivity index (χ0) is 8.97. The smallest absolute Gasteiger partial charge is 0.127 e. The van der Waals surface area contributed by atoms with Gasteiger partial charge in [-0.3, -0.25) is 0 Å². The Bertz CT molecular complexity index is 250. The number of rotatable bonds is 3. The Morgan fingerprint density at radius 1 is 1.50 bits per heavy atom. The summed E-state index contributed by atoms with van der Waals surface area (Å²) in [4.78, 5) is 0. The third kappa shape index (κ3) is 2.83. The third-order valence-corrected chi connectivity index (χ3v) is 2.46. The lowest BCUT2D eigenvalue weighted by Gasteiger charge is -2.05. The molecule has 0 heterocycles. The van der Waals surface area contributed by atoms with Gasteiger partial charge in [0, 0.05) is 11.1 Å². The Balaban J connectivity index is 2.57. The first-order valence-corrected chi connectivity index (χ1v) is 4.85. The van der Waals surface area contributed by atoms with Crippen LogP contribution in [-0.4, -0.2) is 5.37 Å². The molecule has 0 aliphatic heterocycles. The van der Waals surface area contributed by atoms with Crippen LogP contribution in [0.3, 0.4) is 0 Å². The largest absolute Gasteiger partial charge is 0.320 e. The summed E-state index contributed by atoms with van der Waals surface area (Å²) in [7, 11) is 0. The summed E-state index contributed by atoms with van der Waals surface area (Å²) in [5.41, 5.74) is 6.25. The highest BCUT2D eigenvalue weighted by molar-refractivity contribution is 7.99. The van der Waals surface area contributed by atoms with Crippen LogP contribution in [0.25, 0.3) is 0 Å². The summed E-state index contributed by atoms with van der Waals surface area (Å²) >= 11 is 1.54. The minimum Gasteiger partial charge on any atom is -0.320 e. The van der Waals surface area contributed by atoms with Crippen LogP contribution in [0.15, 0.2) is 24.3 Å².